The summed E-state index contributed by atoms with van der Waals surface area (Å²) in [6, 6.07) is 0. The second-order valence-electron chi connectivity index (χ2n) is 4.29. The lowest BCUT2D eigenvalue weighted by molar-refractivity contribution is -0.0518. The number of hydrogen-bond donors (Lipinski definition) is 5. The van der Waals surface area contributed by atoms with Crippen LogP contribution in [0.2, 0.25) is 0 Å². The molecule has 1 unspecified atom stereocenters. The summed E-state index contributed by atoms with van der Waals surface area (Å²) in [7, 11) is -2.18. The molecule has 1 aromatic heterocycles. The highest BCUT2D eigenvalue weighted by Crippen LogP contribution is 2.30. The van der Waals surface area contributed by atoms with Gasteiger partial charge in [-0.3, -0.25) is 19.8 Å². The van der Waals surface area contributed by atoms with E-state index < -0.39 is 50.1 Å². The van der Waals surface area contributed by atoms with Crippen LogP contribution >= 0.6 is 8.53 Å². The molecule has 2 rings (SSSR count). The molecule has 0 spiro atoms. The van der Waals surface area contributed by atoms with Gasteiger partial charge in [-0.1, -0.05) is 0 Å². The first kappa shape index (κ1) is 16.2. The monoisotopic (exact) mass is 325 g/mol. The fraction of sp³-hybridized carbons (Fsp3) is 0.556. The second kappa shape index (κ2) is 6.28. The van der Waals surface area contributed by atoms with Crippen molar-refractivity contribution in [3.05, 3.63) is 32.9 Å². The number of aliphatic hydroxyl groups excluding tert-OH is 2. The summed E-state index contributed by atoms with van der Waals surface area (Å²) in [5, 5.41) is 19.6. The summed E-state index contributed by atoms with van der Waals surface area (Å²) in [4.78, 5) is 33.1. The predicted octanol–water partition coefficient (Wildman–Crippen LogP) is -2.51. The van der Waals surface area contributed by atoms with Gasteiger partial charge < -0.3 is 24.4 Å². The van der Waals surface area contributed by atoms with E-state index in [2.05, 4.69) is 4.52 Å². The first-order valence-electron chi connectivity index (χ1n) is 5.70. The summed E-state index contributed by atoms with van der Waals surface area (Å²) >= 11 is 0. The highest BCUT2D eigenvalue weighted by molar-refractivity contribution is 7.43. The average molecular weight is 325 g/mol. The summed E-state index contributed by atoms with van der Waals surface area (Å²) in [5.74, 6) is -1.25. The third kappa shape index (κ3) is 3.35. The molecular formula is C9H13FN3O7P. The van der Waals surface area contributed by atoms with E-state index >= 15 is 0 Å². The van der Waals surface area contributed by atoms with Gasteiger partial charge in [0, 0.05) is 0 Å². The molecule has 6 N–H and O–H groups in total. The molecule has 0 amide bonds. The fourth-order valence-electron chi connectivity index (χ4n) is 1.90. The minimum Gasteiger partial charge on any atom is -0.387 e. The largest absolute Gasteiger partial charge is 0.387 e. The van der Waals surface area contributed by atoms with Crippen LogP contribution in [0, 0.1) is 5.82 Å². The van der Waals surface area contributed by atoms with Gasteiger partial charge in [0.15, 0.2) is 6.23 Å². The number of halogens is 1. The van der Waals surface area contributed by atoms with Gasteiger partial charge in [0.05, 0.1) is 12.8 Å². The molecule has 2 heterocycles. The van der Waals surface area contributed by atoms with E-state index in [1.807, 2.05) is 0 Å². The minimum absolute atomic E-state index is 0.339. The van der Waals surface area contributed by atoms with Crippen molar-refractivity contribution >= 4 is 8.53 Å². The van der Waals surface area contributed by atoms with Crippen molar-refractivity contribution in [3.8, 4) is 0 Å². The molecule has 1 aliphatic heterocycles. The molecule has 5 atom stereocenters. The smallest absolute Gasteiger partial charge is 0.330 e. The second-order valence-corrected chi connectivity index (χ2v) is 5.15. The Morgan fingerprint density at radius 1 is 1.48 bits per heavy atom. The lowest BCUT2D eigenvalue weighted by atomic mass is 10.1. The fourth-order valence-corrected chi connectivity index (χ4v) is 2.20. The Morgan fingerprint density at radius 2 is 2.14 bits per heavy atom. The highest BCUT2D eigenvalue weighted by atomic mass is 31.2. The van der Waals surface area contributed by atoms with Crippen molar-refractivity contribution in [3.63, 3.8) is 0 Å². The Hall–Kier alpha value is -1.20. The number of aromatic nitrogens is 2. The molecule has 0 aliphatic carbocycles. The molecule has 118 valence electrons. The molecule has 0 aromatic carbocycles. The topological polar surface area (TPSA) is 160 Å². The quantitative estimate of drug-likeness (QED) is 0.379. The molecule has 1 saturated heterocycles. The van der Waals surface area contributed by atoms with E-state index in [4.69, 9.17) is 15.1 Å². The maximum absolute atomic E-state index is 13.2. The number of nitrogens with two attached hydrogens (primary N) is 1. The van der Waals surface area contributed by atoms with Crippen molar-refractivity contribution in [2.75, 3.05) is 6.61 Å². The first-order valence-corrected chi connectivity index (χ1v) is 6.98. The van der Waals surface area contributed by atoms with Gasteiger partial charge in [-0.15, -0.1) is 0 Å². The summed E-state index contributed by atoms with van der Waals surface area (Å²) in [5.41, 5.74) is 2.79. The van der Waals surface area contributed by atoms with Crippen LogP contribution in [-0.2, 0) is 9.26 Å². The van der Waals surface area contributed by atoms with E-state index in [1.54, 1.807) is 4.98 Å². The number of rotatable bonds is 4. The van der Waals surface area contributed by atoms with Gasteiger partial charge in [-0.25, -0.2) is 4.79 Å². The summed E-state index contributed by atoms with van der Waals surface area (Å²) < 4.78 is 23.7. The number of nitrogens with one attached hydrogen (secondary N) is 1. The maximum atomic E-state index is 13.2. The zero-order valence-corrected chi connectivity index (χ0v) is 11.3. The SMILES string of the molecule is NP(O)OC[C@H]1O[C@@H](n2cc(F)c(=O)[nH]c2=O)[C@H](O)[C@@H]1O. The normalized spacial score (nSPS) is 30.5. The molecule has 1 fully saturated rings. The zero-order chi connectivity index (χ0) is 15.7. The van der Waals surface area contributed by atoms with Gasteiger partial charge in [0.2, 0.25) is 14.3 Å². The molecule has 0 bridgehead atoms. The Morgan fingerprint density at radius 3 is 2.76 bits per heavy atom. The van der Waals surface area contributed by atoms with Crippen LogP contribution in [-0.4, -0.2) is 49.6 Å². The number of nitrogens with zero attached hydrogens (tertiary/aromatic N) is 1. The van der Waals surface area contributed by atoms with E-state index in [9.17, 15) is 24.2 Å². The Kier molecular flexibility index (Phi) is 4.84. The number of aliphatic hydroxyl groups is 2. The van der Waals surface area contributed by atoms with E-state index in [0.29, 0.717) is 10.8 Å². The van der Waals surface area contributed by atoms with Crippen molar-refractivity contribution in [1.29, 1.82) is 0 Å². The standard InChI is InChI=1S/C9H13FN3O7P/c10-3-1-13(9(17)12-7(3)16)8-6(15)5(14)4(20-8)2-19-21(11)18/h1,4-6,8,14-15,18H,2,11H2,(H,12,16,17)/t4-,5-,6-,8-,21?/m1/s1. The van der Waals surface area contributed by atoms with Crippen LogP contribution in [0.15, 0.2) is 15.8 Å². The van der Waals surface area contributed by atoms with Crippen molar-refractivity contribution in [1.82, 2.24) is 9.55 Å². The van der Waals surface area contributed by atoms with E-state index in [0.717, 1.165) is 0 Å². The molecule has 1 aliphatic rings. The van der Waals surface area contributed by atoms with Gasteiger partial charge >= 0.3 is 5.69 Å². The molecule has 1 aromatic rings. The Bertz CT molecular complexity index is 620. The lowest BCUT2D eigenvalue weighted by Crippen LogP contribution is -2.38. The van der Waals surface area contributed by atoms with E-state index in [1.165, 1.54) is 0 Å². The molecule has 12 heteroatoms. The molecular weight excluding hydrogens is 312 g/mol. The number of hydrogen-bond acceptors (Lipinski definition) is 8. The first-order chi connectivity index (χ1) is 9.81. The minimum atomic E-state index is -2.18. The van der Waals surface area contributed by atoms with Crippen molar-refractivity contribution in [2.24, 2.45) is 5.50 Å². The predicted molar refractivity (Wildman–Crippen MR) is 66.5 cm³/mol. The summed E-state index contributed by atoms with van der Waals surface area (Å²) in [6.07, 6.45) is -4.97. The van der Waals surface area contributed by atoms with Crippen molar-refractivity contribution in [2.45, 2.75) is 24.5 Å². The van der Waals surface area contributed by atoms with Crippen LogP contribution in [0.4, 0.5) is 4.39 Å². The van der Waals surface area contributed by atoms with Gasteiger partial charge in [0.25, 0.3) is 5.56 Å². The molecule has 10 nitrogen and oxygen atoms in total. The van der Waals surface area contributed by atoms with Crippen molar-refractivity contribution < 1.29 is 28.8 Å². The van der Waals surface area contributed by atoms with Gasteiger partial charge in [0.1, 0.15) is 18.3 Å². The molecule has 0 radical (unpaired) electrons. The van der Waals surface area contributed by atoms with Gasteiger partial charge in [-0.05, 0) is 0 Å². The Labute approximate surface area is 117 Å². The summed E-state index contributed by atoms with van der Waals surface area (Å²) in [6.45, 7) is -0.339. The molecule has 21 heavy (non-hydrogen) atoms. The van der Waals surface area contributed by atoms with Crippen LogP contribution in [0.3, 0.4) is 0 Å². The number of H-pyrrole nitrogens is 1. The Balaban J connectivity index is 2.23. The molecule has 0 saturated carbocycles. The maximum Gasteiger partial charge on any atom is 0.330 e. The highest BCUT2D eigenvalue weighted by Gasteiger charge is 2.44. The average Bonchev–Trinajstić information content (AvgIpc) is 2.68. The van der Waals surface area contributed by atoms with E-state index in [-0.39, 0.29) is 6.61 Å². The van der Waals surface area contributed by atoms with Crippen LogP contribution in [0.1, 0.15) is 6.23 Å². The van der Waals surface area contributed by atoms with Gasteiger partial charge in [-0.2, -0.15) is 4.39 Å². The lowest BCUT2D eigenvalue weighted by Gasteiger charge is -2.17. The number of ether oxygens (including phenoxy) is 1. The zero-order valence-electron chi connectivity index (χ0n) is 10.4. The van der Waals surface area contributed by atoms with Crippen LogP contribution < -0.4 is 16.8 Å². The third-order valence-corrected chi connectivity index (χ3v) is 3.32. The third-order valence-electron chi connectivity index (χ3n) is 2.91. The van der Waals surface area contributed by atoms with Crippen LogP contribution in [0.25, 0.3) is 0 Å². The number of aromatic amines is 1. The van der Waals surface area contributed by atoms with Crippen LogP contribution in [0.5, 0.6) is 0 Å².